The number of ether oxygens (including phenoxy) is 1. The zero-order valence-corrected chi connectivity index (χ0v) is 16.1. The van der Waals surface area contributed by atoms with Crippen LogP contribution in [0.25, 0.3) is 0 Å². The van der Waals surface area contributed by atoms with Crippen LogP contribution >= 0.6 is 11.8 Å². The molecule has 0 aliphatic carbocycles. The van der Waals surface area contributed by atoms with E-state index in [1.165, 1.54) is 31.7 Å². The van der Waals surface area contributed by atoms with Crippen LogP contribution in [0.2, 0.25) is 0 Å². The van der Waals surface area contributed by atoms with Gasteiger partial charge < -0.3 is 14.5 Å². The van der Waals surface area contributed by atoms with Crippen LogP contribution < -0.4 is 4.74 Å². The lowest BCUT2D eigenvalue weighted by Gasteiger charge is -2.33. The van der Waals surface area contributed by atoms with Gasteiger partial charge in [0, 0.05) is 18.8 Å². The molecule has 2 fully saturated rings. The first kappa shape index (κ1) is 18.6. The number of nitrogens with zero attached hydrogens (tertiary/aromatic N) is 2. The number of amides is 1. The third kappa shape index (κ3) is 5.38. The lowest BCUT2D eigenvalue weighted by atomic mass is 10.1. The fraction of sp³-hybridized carbons (Fsp3) is 0.650. The van der Waals surface area contributed by atoms with Crippen LogP contribution in [0.1, 0.15) is 31.7 Å². The van der Waals surface area contributed by atoms with Crippen LogP contribution in [0.3, 0.4) is 0 Å². The van der Waals surface area contributed by atoms with E-state index in [9.17, 15) is 4.79 Å². The molecule has 25 heavy (non-hydrogen) atoms. The van der Waals surface area contributed by atoms with E-state index in [1.807, 2.05) is 43.0 Å². The summed E-state index contributed by atoms with van der Waals surface area (Å²) >= 11 is 2.01. The van der Waals surface area contributed by atoms with E-state index < -0.39 is 0 Å². The molecule has 4 nitrogen and oxygen atoms in total. The van der Waals surface area contributed by atoms with Gasteiger partial charge in [-0.1, -0.05) is 12.1 Å². The van der Waals surface area contributed by atoms with E-state index in [2.05, 4.69) is 9.80 Å². The number of benzene rings is 1. The van der Waals surface area contributed by atoms with Gasteiger partial charge >= 0.3 is 0 Å². The van der Waals surface area contributed by atoms with Crippen molar-refractivity contribution in [2.45, 2.75) is 38.6 Å². The summed E-state index contributed by atoms with van der Waals surface area (Å²) < 4.78 is 5.49. The standard InChI is InChI=1S/C20H30N2O2S/c1-2-24-19-8-6-17(7-9-19)14-20(23)22-12-5-13-25-16-18(22)15-21-10-3-4-11-21/h6-9,18H,2-5,10-16H2,1H3. The fourth-order valence-electron chi connectivity index (χ4n) is 3.72. The molecule has 1 aromatic carbocycles. The molecule has 3 rings (SSSR count). The molecule has 0 saturated carbocycles. The quantitative estimate of drug-likeness (QED) is 0.779. The molecule has 0 bridgehead atoms. The van der Waals surface area contributed by atoms with Gasteiger partial charge in [0.25, 0.3) is 0 Å². The molecule has 1 aromatic rings. The zero-order valence-electron chi connectivity index (χ0n) is 15.3. The summed E-state index contributed by atoms with van der Waals surface area (Å²) in [7, 11) is 0. The Balaban J connectivity index is 1.62. The van der Waals surface area contributed by atoms with E-state index in [4.69, 9.17) is 4.74 Å². The third-order valence-corrected chi connectivity index (χ3v) is 6.21. The molecule has 1 unspecified atom stereocenters. The molecule has 2 heterocycles. The van der Waals surface area contributed by atoms with Crippen molar-refractivity contribution < 1.29 is 9.53 Å². The predicted octanol–water partition coefficient (Wildman–Crippen LogP) is 3.06. The number of carbonyl (C=O) groups excluding carboxylic acids is 1. The summed E-state index contributed by atoms with van der Waals surface area (Å²) in [5.74, 6) is 3.39. The smallest absolute Gasteiger partial charge is 0.227 e. The maximum Gasteiger partial charge on any atom is 0.227 e. The molecule has 1 atom stereocenters. The number of carbonyl (C=O) groups is 1. The Morgan fingerprint density at radius 3 is 2.64 bits per heavy atom. The second-order valence-electron chi connectivity index (χ2n) is 6.93. The molecular weight excluding hydrogens is 332 g/mol. The van der Waals surface area contributed by atoms with Crippen LogP contribution in [-0.4, -0.2) is 66.0 Å². The van der Waals surface area contributed by atoms with Crippen LogP contribution in [0, 0.1) is 0 Å². The largest absolute Gasteiger partial charge is 0.494 e. The molecule has 2 aliphatic rings. The van der Waals surface area contributed by atoms with Gasteiger partial charge in [-0.25, -0.2) is 0 Å². The van der Waals surface area contributed by atoms with Crippen molar-refractivity contribution in [1.82, 2.24) is 9.80 Å². The van der Waals surface area contributed by atoms with Crippen molar-refractivity contribution in [3.05, 3.63) is 29.8 Å². The third-order valence-electron chi connectivity index (χ3n) is 5.02. The Morgan fingerprint density at radius 1 is 1.16 bits per heavy atom. The minimum absolute atomic E-state index is 0.274. The molecule has 2 aliphatic heterocycles. The second-order valence-corrected chi connectivity index (χ2v) is 8.08. The monoisotopic (exact) mass is 362 g/mol. The Hall–Kier alpha value is -1.20. The number of rotatable bonds is 6. The normalized spacial score (nSPS) is 22.0. The number of hydrogen-bond donors (Lipinski definition) is 0. The minimum atomic E-state index is 0.274. The summed E-state index contributed by atoms with van der Waals surface area (Å²) in [4.78, 5) is 17.7. The fourth-order valence-corrected chi connectivity index (χ4v) is 4.78. The summed E-state index contributed by atoms with van der Waals surface area (Å²) in [5.41, 5.74) is 1.07. The highest BCUT2D eigenvalue weighted by Gasteiger charge is 2.28. The Labute approximate surface area is 155 Å². The van der Waals surface area contributed by atoms with Gasteiger partial charge in [0.05, 0.1) is 19.1 Å². The molecule has 0 radical (unpaired) electrons. The molecule has 2 saturated heterocycles. The molecule has 1 amide bonds. The van der Waals surface area contributed by atoms with E-state index in [0.29, 0.717) is 19.1 Å². The van der Waals surface area contributed by atoms with E-state index in [-0.39, 0.29) is 5.91 Å². The van der Waals surface area contributed by atoms with Gasteiger partial charge in [-0.15, -0.1) is 0 Å². The second kappa shape index (κ2) is 9.48. The Morgan fingerprint density at radius 2 is 1.92 bits per heavy atom. The SMILES string of the molecule is CCOc1ccc(CC(=O)N2CCCSCC2CN2CCCC2)cc1. The summed E-state index contributed by atoms with van der Waals surface area (Å²) in [5, 5.41) is 0. The van der Waals surface area contributed by atoms with Crippen molar-refractivity contribution >= 4 is 17.7 Å². The Kier molecular flexibility index (Phi) is 7.05. The highest BCUT2D eigenvalue weighted by atomic mass is 32.2. The van der Waals surface area contributed by atoms with E-state index in [1.54, 1.807) is 0 Å². The Bertz CT molecular complexity index is 543. The van der Waals surface area contributed by atoms with Crippen molar-refractivity contribution in [2.75, 3.05) is 44.3 Å². The molecule has 5 heteroatoms. The average Bonchev–Trinajstić information content (AvgIpc) is 3.01. The first-order valence-electron chi connectivity index (χ1n) is 9.57. The number of likely N-dealkylation sites (tertiary alicyclic amines) is 1. The summed E-state index contributed by atoms with van der Waals surface area (Å²) in [6.07, 6.45) is 4.21. The van der Waals surface area contributed by atoms with Gasteiger partial charge in [-0.05, 0) is 62.7 Å². The molecule has 0 aromatic heterocycles. The summed E-state index contributed by atoms with van der Waals surface area (Å²) in [6, 6.07) is 8.33. The van der Waals surface area contributed by atoms with Crippen molar-refractivity contribution in [3.8, 4) is 5.75 Å². The average molecular weight is 363 g/mol. The first-order valence-corrected chi connectivity index (χ1v) is 10.7. The highest BCUT2D eigenvalue weighted by molar-refractivity contribution is 7.99. The summed E-state index contributed by atoms with van der Waals surface area (Å²) in [6.45, 7) is 6.99. The van der Waals surface area contributed by atoms with Crippen LogP contribution in [0.5, 0.6) is 5.75 Å². The van der Waals surface area contributed by atoms with E-state index in [0.717, 1.165) is 36.6 Å². The van der Waals surface area contributed by atoms with Crippen molar-refractivity contribution in [2.24, 2.45) is 0 Å². The topological polar surface area (TPSA) is 32.8 Å². The van der Waals surface area contributed by atoms with Gasteiger partial charge in [-0.2, -0.15) is 11.8 Å². The van der Waals surface area contributed by atoms with Crippen molar-refractivity contribution in [1.29, 1.82) is 0 Å². The lowest BCUT2D eigenvalue weighted by Crippen LogP contribution is -2.48. The van der Waals surface area contributed by atoms with Gasteiger partial charge in [-0.3, -0.25) is 4.79 Å². The molecule has 0 spiro atoms. The van der Waals surface area contributed by atoms with Gasteiger partial charge in [0.15, 0.2) is 0 Å². The van der Waals surface area contributed by atoms with Gasteiger partial charge in [0.2, 0.25) is 5.91 Å². The molecular formula is C20H30N2O2S. The lowest BCUT2D eigenvalue weighted by molar-refractivity contribution is -0.132. The maximum absolute atomic E-state index is 13.0. The zero-order chi connectivity index (χ0) is 17.5. The number of hydrogen-bond acceptors (Lipinski definition) is 4. The van der Waals surface area contributed by atoms with Crippen LogP contribution in [0.4, 0.5) is 0 Å². The number of thioether (sulfide) groups is 1. The van der Waals surface area contributed by atoms with Crippen LogP contribution in [0.15, 0.2) is 24.3 Å². The van der Waals surface area contributed by atoms with E-state index >= 15 is 0 Å². The first-order chi connectivity index (χ1) is 12.3. The predicted molar refractivity (Wildman–Crippen MR) is 104 cm³/mol. The minimum Gasteiger partial charge on any atom is -0.494 e. The highest BCUT2D eigenvalue weighted by Crippen LogP contribution is 2.21. The van der Waals surface area contributed by atoms with Gasteiger partial charge in [0.1, 0.15) is 5.75 Å². The maximum atomic E-state index is 13.0. The van der Waals surface area contributed by atoms with Crippen LogP contribution in [-0.2, 0) is 11.2 Å². The van der Waals surface area contributed by atoms with Crippen molar-refractivity contribution in [3.63, 3.8) is 0 Å². The molecule has 0 N–H and O–H groups in total. The molecule has 138 valence electrons.